The average Bonchev–Trinajstić information content (AvgIpc) is 3.08. The molecular formula is C17H20FN5O2. The number of halogens is 1. The molecule has 1 fully saturated rings. The van der Waals surface area contributed by atoms with Gasteiger partial charge in [-0.2, -0.15) is 5.10 Å². The van der Waals surface area contributed by atoms with Crippen LogP contribution >= 0.6 is 0 Å². The van der Waals surface area contributed by atoms with Crippen molar-refractivity contribution in [3.05, 3.63) is 36.7 Å². The summed E-state index contributed by atoms with van der Waals surface area (Å²) in [5, 5.41) is 6.33. The molecule has 2 heterocycles. The van der Waals surface area contributed by atoms with Crippen molar-refractivity contribution >= 4 is 17.5 Å². The second kappa shape index (κ2) is 7.87. The first-order valence-electron chi connectivity index (χ1n) is 8.40. The number of likely N-dealkylation sites (tertiary alicyclic amines) is 1. The van der Waals surface area contributed by atoms with Crippen LogP contribution in [-0.2, 0) is 9.59 Å². The maximum Gasteiger partial charge on any atom is 0.313 e. The normalized spacial score (nSPS) is 15.3. The van der Waals surface area contributed by atoms with Gasteiger partial charge in [-0.15, -0.1) is 0 Å². The van der Waals surface area contributed by atoms with Gasteiger partial charge >= 0.3 is 11.8 Å². The van der Waals surface area contributed by atoms with Crippen LogP contribution in [0.25, 0.3) is 5.69 Å². The standard InChI is InChI=1S/C17H20FN5O2/c18-14-10-13(6-7-15(14)23-12-19-11-20-23)21-16(24)17(25)22-8-4-2-1-3-5-9-22/h6-7,10-12H,1-5,8-9H2,(H,21,24). The number of amides is 2. The maximum atomic E-state index is 14.2. The third kappa shape index (κ3) is 4.20. The third-order valence-electron chi connectivity index (χ3n) is 4.21. The van der Waals surface area contributed by atoms with Crippen LogP contribution in [0.15, 0.2) is 30.9 Å². The van der Waals surface area contributed by atoms with E-state index in [1.807, 2.05) is 0 Å². The summed E-state index contributed by atoms with van der Waals surface area (Å²) in [5.74, 6) is -1.88. The Hall–Kier alpha value is -2.77. The Kier molecular flexibility index (Phi) is 5.37. The zero-order valence-electron chi connectivity index (χ0n) is 13.8. The van der Waals surface area contributed by atoms with Gasteiger partial charge in [0.05, 0.1) is 0 Å². The highest BCUT2D eigenvalue weighted by molar-refractivity contribution is 6.39. The van der Waals surface area contributed by atoms with Crippen molar-refractivity contribution in [3.63, 3.8) is 0 Å². The van der Waals surface area contributed by atoms with E-state index in [2.05, 4.69) is 15.4 Å². The monoisotopic (exact) mass is 345 g/mol. The van der Waals surface area contributed by atoms with Gasteiger partial charge in [-0.1, -0.05) is 19.3 Å². The number of hydrogen-bond donors (Lipinski definition) is 1. The van der Waals surface area contributed by atoms with Gasteiger partial charge in [-0.05, 0) is 31.0 Å². The minimum absolute atomic E-state index is 0.214. The highest BCUT2D eigenvalue weighted by Gasteiger charge is 2.22. The van der Waals surface area contributed by atoms with E-state index in [1.54, 1.807) is 4.90 Å². The SMILES string of the molecule is O=C(Nc1ccc(-n2cncn2)c(F)c1)C(=O)N1CCCCCCC1. The number of nitrogens with one attached hydrogen (secondary N) is 1. The first-order chi connectivity index (χ1) is 12.1. The van der Waals surface area contributed by atoms with Crippen molar-refractivity contribution in [3.8, 4) is 5.69 Å². The number of benzene rings is 1. The molecule has 2 amide bonds. The second-order valence-electron chi connectivity index (χ2n) is 6.02. The summed E-state index contributed by atoms with van der Waals surface area (Å²) in [6.07, 6.45) is 7.80. The van der Waals surface area contributed by atoms with E-state index in [0.29, 0.717) is 13.1 Å². The van der Waals surface area contributed by atoms with Crippen molar-refractivity contribution in [2.75, 3.05) is 18.4 Å². The second-order valence-corrected chi connectivity index (χ2v) is 6.02. The molecule has 1 N–H and O–H groups in total. The molecule has 0 bridgehead atoms. The van der Waals surface area contributed by atoms with Gasteiger partial charge in [0, 0.05) is 18.8 Å². The number of aromatic nitrogens is 3. The van der Waals surface area contributed by atoms with Gasteiger partial charge in [0.15, 0.2) is 5.82 Å². The highest BCUT2D eigenvalue weighted by atomic mass is 19.1. The molecule has 7 nitrogen and oxygen atoms in total. The lowest BCUT2D eigenvalue weighted by molar-refractivity contribution is -0.143. The molecule has 0 unspecified atom stereocenters. The Bertz CT molecular complexity index is 740. The summed E-state index contributed by atoms with van der Waals surface area (Å²) in [5.41, 5.74) is 0.442. The van der Waals surface area contributed by atoms with E-state index in [4.69, 9.17) is 0 Å². The molecular weight excluding hydrogens is 325 g/mol. The minimum atomic E-state index is -0.742. The van der Waals surface area contributed by atoms with Crippen LogP contribution in [0.2, 0.25) is 0 Å². The van der Waals surface area contributed by atoms with E-state index in [9.17, 15) is 14.0 Å². The molecule has 132 valence electrons. The summed E-state index contributed by atoms with van der Waals surface area (Å²) in [6, 6.07) is 4.16. The van der Waals surface area contributed by atoms with Crippen LogP contribution in [0, 0.1) is 5.82 Å². The molecule has 1 aromatic carbocycles. The molecule has 0 radical (unpaired) electrons. The fourth-order valence-electron chi connectivity index (χ4n) is 2.88. The van der Waals surface area contributed by atoms with E-state index in [1.165, 1.54) is 35.9 Å². The van der Waals surface area contributed by atoms with Crippen LogP contribution in [-0.4, -0.2) is 44.6 Å². The Morgan fingerprint density at radius 2 is 1.80 bits per heavy atom. The molecule has 0 saturated carbocycles. The van der Waals surface area contributed by atoms with Crippen LogP contribution in [0.3, 0.4) is 0 Å². The largest absolute Gasteiger partial charge is 0.334 e. The Balaban J connectivity index is 1.66. The summed E-state index contributed by atoms with van der Waals surface area (Å²) < 4.78 is 15.5. The molecule has 1 aliphatic rings. The van der Waals surface area contributed by atoms with Gasteiger partial charge in [0.25, 0.3) is 0 Å². The van der Waals surface area contributed by atoms with Crippen LogP contribution in [0.5, 0.6) is 0 Å². The van der Waals surface area contributed by atoms with Gasteiger partial charge in [0.1, 0.15) is 18.3 Å². The molecule has 2 aromatic rings. The molecule has 25 heavy (non-hydrogen) atoms. The third-order valence-corrected chi connectivity index (χ3v) is 4.21. The predicted octanol–water partition coefficient (Wildman–Crippen LogP) is 2.14. The lowest BCUT2D eigenvalue weighted by Crippen LogP contribution is -2.41. The van der Waals surface area contributed by atoms with Gasteiger partial charge in [-0.3, -0.25) is 9.59 Å². The molecule has 0 aliphatic carbocycles. The topological polar surface area (TPSA) is 80.1 Å². The summed E-state index contributed by atoms with van der Waals surface area (Å²) >= 11 is 0. The summed E-state index contributed by atoms with van der Waals surface area (Å²) in [4.78, 5) is 29.8. The van der Waals surface area contributed by atoms with Crippen LogP contribution < -0.4 is 5.32 Å². The summed E-state index contributed by atoms with van der Waals surface area (Å²) in [7, 11) is 0. The first-order valence-corrected chi connectivity index (χ1v) is 8.40. The molecule has 1 saturated heterocycles. The number of carbonyl (C=O) groups excluding carboxylic acids is 2. The predicted molar refractivity (Wildman–Crippen MR) is 89.6 cm³/mol. The fraction of sp³-hybridized carbons (Fsp3) is 0.412. The zero-order chi connectivity index (χ0) is 17.6. The van der Waals surface area contributed by atoms with E-state index >= 15 is 0 Å². The van der Waals surface area contributed by atoms with Gasteiger partial charge in [0.2, 0.25) is 0 Å². The van der Waals surface area contributed by atoms with Crippen molar-refractivity contribution in [1.29, 1.82) is 0 Å². The summed E-state index contributed by atoms with van der Waals surface area (Å²) in [6.45, 7) is 1.18. The molecule has 1 aromatic heterocycles. The molecule has 8 heteroatoms. The smallest absolute Gasteiger partial charge is 0.313 e. The quantitative estimate of drug-likeness (QED) is 0.846. The Morgan fingerprint density at radius 1 is 1.08 bits per heavy atom. The fourth-order valence-corrected chi connectivity index (χ4v) is 2.88. The molecule has 3 rings (SSSR count). The van der Waals surface area contributed by atoms with Crippen molar-refractivity contribution in [2.24, 2.45) is 0 Å². The van der Waals surface area contributed by atoms with E-state index in [-0.39, 0.29) is 11.4 Å². The molecule has 0 spiro atoms. The van der Waals surface area contributed by atoms with E-state index in [0.717, 1.165) is 31.7 Å². The van der Waals surface area contributed by atoms with E-state index < -0.39 is 17.6 Å². The van der Waals surface area contributed by atoms with Crippen LogP contribution in [0.4, 0.5) is 10.1 Å². The first kappa shape index (κ1) is 17.1. The Labute approximate surface area is 144 Å². The highest BCUT2D eigenvalue weighted by Crippen LogP contribution is 2.18. The molecule has 1 aliphatic heterocycles. The van der Waals surface area contributed by atoms with Crippen LogP contribution in [0.1, 0.15) is 32.1 Å². The van der Waals surface area contributed by atoms with Crippen molar-refractivity contribution in [2.45, 2.75) is 32.1 Å². The van der Waals surface area contributed by atoms with Gasteiger partial charge in [-0.25, -0.2) is 14.1 Å². The lowest BCUT2D eigenvalue weighted by Gasteiger charge is -2.24. The number of carbonyl (C=O) groups is 2. The minimum Gasteiger partial charge on any atom is -0.334 e. The number of anilines is 1. The van der Waals surface area contributed by atoms with Crippen molar-refractivity contribution < 1.29 is 14.0 Å². The zero-order valence-corrected chi connectivity index (χ0v) is 13.8. The number of hydrogen-bond acceptors (Lipinski definition) is 4. The Morgan fingerprint density at radius 3 is 2.44 bits per heavy atom. The van der Waals surface area contributed by atoms with Gasteiger partial charge < -0.3 is 10.2 Å². The van der Waals surface area contributed by atoms with Crippen molar-refractivity contribution in [1.82, 2.24) is 19.7 Å². The number of rotatable bonds is 2. The number of nitrogens with zero attached hydrogens (tertiary/aromatic N) is 4. The molecule has 0 atom stereocenters. The maximum absolute atomic E-state index is 14.2. The lowest BCUT2D eigenvalue weighted by atomic mass is 10.1. The average molecular weight is 345 g/mol.